The Labute approximate surface area is 196 Å². The van der Waals surface area contributed by atoms with Gasteiger partial charge in [-0.2, -0.15) is 0 Å². The molecule has 196 valence electrons. The van der Waals surface area contributed by atoms with Crippen LogP contribution in [0.15, 0.2) is 0 Å². The summed E-state index contributed by atoms with van der Waals surface area (Å²) >= 11 is 0. The lowest BCUT2D eigenvalue weighted by Crippen LogP contribution is -2.60. The van der Waals surface area contributed by atoms with Crippen LogP contribution < -0.4 is 10.6 Å². The standard InChI is InChI=1S/C20H34N2O12/c1-19(2,3)34-18(30)21-10-14(23)22-20(11-31-7-4-15(24)25,12-32-8-5-16(26)27)13-33-9-6-17(28)29/h4-13H2,1-3H3,(H,21,30)(H,22,23)(H,24,25)(H,26,27)(H,28,29). The second kappa shape index (κ2) is 15.8. The summed E-state index contributed by atoms with van der Waals surface area (Å²) in [5, 5.41) is 31.2. The van der Waals surface area contributed by atoms with E-state index in [-0.39, 0.29) is 58.9 Å². The third-order valence-electron chi connectivity index (χ3n) is 3.71. The van der Waals surface area contributed by atoms with Crippen molar-refractivity contribution in [3.05, 3.63) is 0 Å². The molecule has 0 saturated heterocycles. The van der Waals surface area contributed by atoms with Crippen LogP contribution in [-0.4, -0.2) is 103 Å². The minimum Gasteiger partial charge on any atom is -0.481 e. The molecule has 0 aromatic heterocycles. The normalized spacial score (nSPS) is 11.5. The van der Waals surface area contributed by atoms with Gasteiger partial charge < -0.3 is 44.9 Å². The molecular formula is C20H34N2O12. The van der Waals surface area contributed by atoms with Crippen LogP contribution in [0, 0.1) is 0 Å². The molecule has 0 aliphatic rings. The Kier molecular flexibility index (Phi) is 14.4. The van der Waals surface area contributed by atoms with Gasteiger partial charge in [-0.3, -0.25) is 19.2 Å². The average molecular weight is 494 g/mol. The number of nitrogens with one attached hydrogen (secondary N) is 2. The molecule has 0 spiro atoms. The molecule has 0 atom stereocenters. The van der Waals surface area contributed by atoms with Gasteiger partial charge in [0.15, 0.2) is 0 Å². The summed E-state index contributed by atoms with van der Waals surface area (Å²) in [6.45, 7) is 2.97. The number of carboxylic acid groups (broad SMARTS) is 3. The van der Waals surface area contributed by atoms with Crippen molar-refractivity contribution in [3.63, 3.8) is 0 Å². The summed E-state index contributed by atoms with van der Waals surface area (Å²) in [6.07, 6.45) is -1.78. The molecule has 0 fully saturated rings. The monoisotopic (exact) mass is 494 g/mol. The average Bonchev–Trinajstić information content (AvgIpc) is 2.68. The highest BCUT2D eigenvalue weighted by Gasteiger charge is 2.34. The van der Waals surface area contributed by atoms with Crippen molar-refractivity contribution in [2.45, 2.75) is 51.2 Å². The maximum Gasteiger partial charge on any atom is 0.408 e. The summed E-state index contributed by atoms with van der Waals surface area (Å²) in [6, 6.07) is 0. The molecule has 34 heavy (non-hydrogen) atoms. The van der Waals surface area contributed by atoms with Crippen LogP contribution >= 0.6 is 0 Å². The molecule has 2 amide bonds. The first-order valence-electron chi connectivity index (χ1n) is 10.4. The van der Waals surface area contributed by atoms with E-state index < -0.39 is 47.6 Å². The van der Waals surface area contributed by atoms with Crippen LogP contribution in [0.25, 0.3) is 0 Å². The van der Waals surface area contributed by atoms with E-state index in [0.717, 1.165) is 0 Å². The number of carbonyl (C=O) groups excluding carboxylic acids is 2. The molecule has 0 radical (unpaired) electrons. The van der Waals surface area contributed by atoms with E-state index in [1.165, 1.54) is 0 Å². The van der Waals surface area contributed by atoms with Crippen LogP contribution in [0.5, 0.6) is 0 Å². The fourth-order valence-electron chi connectivity index (χ4n) is 2.32. The smallest absolute Gasteiger partial charge is 0.408 e. The van der Waals surface area contributed by atoms with Gasteiger partial charge in [0.25, 0.3) is 0 Å². The molecule has 0 heterocycles. The lowest BCUT2D eigenvalue weighted by Gasteiger charge is -2.34. The van der Waals surface area contributed by atoms with Gasteiger partial charge in [-0.15, -0.1) is 0 Å². The molecular weight excluding hydrogens is 460 g/mol. The minimum atomic E-state index is -1.43. The molecule has 0 rings (SSSR count). The molecule has 0 aromatic rings. The Balaban J connectivity index is 5.29. The second-order valence-electron chi connectivity index (χ2n) is 8.27. The van der Waals surface area contributed by atoms with Crippen molar-refractivity contribution >= 4 is 29.9 Å². The van der Waals surface area contributed by atoms with Crippen LogP contribution in [0.4, 0.5) is 4.79 Å². The predicted octanol–water partition coefficient (Wildman–Crippen LogP) is -0.160. The number of ether oxygens (including phenoxy) is 4. The molecule has 0 aromatic carbocycles. The predicted molar refractivity (Wildman–Crippen MR) is 114 cm³/mol. The zero-order chi connectivity index (χ0) is 26.2. The molecule has 14 nitrogen and oxygen atoms in total. The number of rotatable bonds is 18. The fraction of sp³-hybridized carbons (Fsp3) is 0.750. The number of aliphatic carboxylic acids is 3. The first-order valence-corrected chi connectivity index (χ1v) is 10.4. The van der Waals surface area contributed by atoms with Crippen LogP contribution in [0.3, 0.4) is 0 Å². The first-order chi connectivity index (χ1) is 15.7. The van der Waals surface area contributed by atoms with Gasteiger partial charge in [0, 0.05) is 0 Å². The van der Waals surface area contributed by atoms with Gasteiger partial charge in [-0.1, -0.05) is 0 Å². The van der Waals surface area contributed by atoms with Crippen molar-refractivity contribution in [2.24, 2.45) is 0 Å². The Morgan fingerprint density at radius 2 is 1.09 bits per heavy atom. The van der Waals surface area contributed by atoms with E-state index >= 15 is 0 Å². The summed E-state index contributed by atoms with van der Waals surface area (Å²) < 4.78 is 21.1. The summed E-state index contributed by atoms with van der Waals surface area (Å²) in [4.78, 5) is 56.5. The van der Waals surface area contributed by atoms with Gasteiger partial charge in [-0.25, -0.2) is 4.79 Å². The Bertz CT molecular complexity index is 634. The van der Waals surface area contributed by atoms with E-state index in [9.17, 15) is 24.0 Å². The summed E-state index contributed by atoms with van der Waals surface area (Å²) in [7, 11) is 0. The van der Waals surface area contributed by atoms with Crippen molar-refractivity contribution in [1.82, 2.24) is 10.6 Å². The van der Waals surface area contributed by atoms with Crippen molar-refractivity contribution in [1.29, 1.82) is 0 Å². The van der Waals surface area contributed by atoms with Crippen molar-refractivity contribution < 1.29 is 58.2 Å². The van der Waals surface area contributed by atoms with Gasteiger partial charge >= 0.3 is 24.0 Å². The summed E-state index contributed by atoms with van der Waals surface area (Å²) in [5.74, 6) is -4.01. The third-order valence-corrected chi connectivity index (χ3v) is 3.71. The van der Waals surface area contributed by atoms with Crippen LogP contribution in [0.2, 0.25) is 0 Å². The second-order valence-corrected chi connectivity index (χ2v) is 8.27. The highest BCUT2D eigenvalue weighted by Crippen LogP contribution is 2.11. The van der Waals surface area contributed by atoms with E-state index in [1.54, 1.807) is 20.8 Å². The molecule has 0 aliphatic carbocycles. The highest BCUT2D eigenvalue weighted by atomic mass is 16.6. The van der Waals surface area contributed by atoms with Gasteiger partial charge in [0.1, 0.15) is 17.7 Å². The zero-order valence-electron chi connectivity index (χ0n) is 19.6. The number of amides is 2. The minimum absolute atomic E-state index is 0.201. The lowest BCUT2D eigenvalue weighted by molar-refractivity contribution is -0.139. The lowest BCUT2D eigenvalue weighted by atomic mass is 10.0. The maximum atomic E-state index is 12.5. The molecule has 0 saturated carbocycles. The molecule has 0 unspecified atom stereocenters. The number of hydrogen-bond acceptors (Lipinski definition) is 9. The quantitative estimate of drug-likeness (QED) is 0.158. The topological polar surface area (TPSA) is 207 Å². The molecule has 5 N–H and O–H groups in total. The maximum absolute atomic E-state index is 12.5. The highest BCUT2D eigenvalue weighted by molar-refractivity contribution is 5.82. The Morgan fingerprint density at radius 1 is 0.706 bits per heavy atom. The largest absolute Gasteiger partial charge is 0.481 e. The third kappa shape index (κ3) is 17.6. The van der Waals surface area contributed by atoms with Crippen molar-refractivity contribution in [3.8, 4) is 0 Å². The number of hydrogen-bond donors (Lipinski definition) is 5. The van der Waals surface area contributed by atoms with E-state index in [2.05, 4.69) is 10.6 Å². The van der Waals surface area contributed by atoms with Gasteiger partial charge in [0.2, 0.25) is 5.91 Å². The summed E-state index contributed by atoms with van der Waals surface area (Å²) in [5.41, 5.74) is -2.21. The number of alkyl carbamates (subject to hydrolysis) is 1. The molecule has 0 aliphatic heterocycles. The first kappa shape index (κ1) is 31.0. The van der Waals surface area contributed by atoms with E-state index in [0.29, 0.717) is 0 Å². The fourth-order valence-corrected chi connectivity index (χ4v) is 2.32. The van der Waals surface area contributed by atoms with Gasteiger partial charge in [0.05, 0.1) is 58.9 Å². The van der Waals surface area contributed by atoms with E-state index in [1.807, 2.05) is 0 Å². The Morgan fingerprint density at radius 3 is 1.41 bits per heavy atom. The van der Waals surface area contributed by atoms with E-state index in [4.69, 9.17) is 34.3 Å². The SMILES string of the molecule is CC(C)(C)OC(=O)NCC(=O)NC(COCCC(=O)O)(COCCC(=O)O)COCCC(=O)O. The van der Waals surface area contributed by atoms with Crippen molar-refractivity contribution in [2.75, 3.05) is 46.2 Å². The Hall–Kier alpha value is -2.97. The van der Waals surface area contributed by atoms with Gasteiger partial charge in [-0.05, 0) is 20.8 Å². The molecule has 14 heteroatoms. The number of carbonyl (C=O) groups is 5. The molecule has 0 bridgehead atoms. The number of carboxylic acids is 3. The van der Waals surface area contributed by atoms with Crippen LogP contribution in [-0.2, 0) is 38.1 Å². The van der Waals surface area contributed by atoms with Crippen LogP contribution in [0.1, 0.15) is 40.0 Å². The zero-order valence-corrected chi connectivity index (χ0v) is 19.6.